The molecular weight excluding hydrogens is 410 g/mol. The Morgan fingerprint density at radius 2 is 2.03 bits per heavy atom. The minimum absolute atomic E-state index is 0.00863. The summed E-state index contributed by atoms with van der Waals surface area (Å²) in [6.07, 6.45) is 3.01. The first-order chi connectivity index (χ1) is 15.0. The molecule has 0 atom stereocenters. The number of amides is 1. The Hall–Kier alpha value is -3.88. The molecule has 0 fully saturated rings. The van der Waals surface area contributed by atoms with Gasteiger partial charge >= 0.3 is 6.61 Å². The van der Waals surface area contributed by atoms with Crippen LogP contribution in [0.4, 0.5) is 8.78 Å². The molecule has 0 aliphatic carbocycles. The van der Waals surface area contributed by atoms with Crippen LogP contribution in [0.3, 0.4) is 0 Å². The van der Waals surface area contributed by atoms with Crippen molar-refractivity contribution in [2.24, 2.45) is 0 Å². The minimum Gasteiger partial charge on any atom is -0.493 e. The van der Waals surface area contributed by atoms with Crippen LogP contribution in [0.15, 0.2) is 65.8 Å². The van der Waals surface area contributed by atoms with E-state index in [-0.39, 0.29) is 17.9 Å². The van der Waals surface area contributed by atoms with Crippen molar-refractivity contribution in [1.82, 2.24) is 10.3 Å². The maximum atomic E-state index is 12.5. The molecule has 0 saturated heterocycles. The zero-order chi connectivity index (χ0) is 22.2. The van der Waals surface area contributed by atoms with Crippen LogP contribution in [0, 0.1) is 0 Å². The number of hydrogen-bond donors (Lipinski definition) is 1. The zero-order valence-electron chi connectivity index (χ0n) is 16.6. The first-order valence-electron chi connectivity index (χ1n) is 9.20. The topological polar surface area (TPSA) is 82.8 Å². The molecule has 2 aromatic carbocycles. The number of benzene rings is 2. The van der Waals surface area contributed by atoms with Gasteiger partial charge in [0.2, 0.25) is 5.89 Å². The predicted octanol–water partition coefficient (Wildman–Crippen LogP) is 4.45. The van der Waals surface area contributed by atoms with Crippen LogP contribution < -0.4 is 19.5 Å². The number of ether oxygens (including phenoxy) is 3. The van der Waals surface area contributed by atoms with Crippen LogP contribution in [0.25, 0.3) is 11.5 Å². The van der Waals surface area contributed by atoms with Crippen LogP contribution >= 0.6 is 0 Å². The minimum atomic E-state index is -3.03. The lowest BCUT2D eigenvalue weighted by molar-refractivity contribution is -0.0501. The average Bonchev–Trinajstić information content (AvgIpc) is 3.25. The summed E-state index contributed by atoms with van der Waals surface area (Å²) >= 11 is 0. The molecule has 1 aromatic heterocycles. The Bertz CT molecular complexity index is 1050. The van der Waals surface area contributed by atoms with Crippen molar-refractivity contribution in [3.05, 3.63) is 72.6 Å². The Morgan fingerprint density at radius 1 is 1.23 bits per heavy atom. The largest absolute Gasteiger partial charge is 0.493 e. The van der Waals surface area contributed by atoms with E-state index in [1.165, 1.54) is 31.6 Å². The van der Waals surface area contributed by atoms with Crippen molar-refractivity contribution in [3.8, 4) is 28.7 Å². The van der Waals surface area contributed by atoms with E-state index in [1.54, 1.807) is 30.3 Å². The van der Waals surface area contributed by atoms with Crippen molar-refractivity contribution in [3.63, 3.8) is 0 Å². The van der Waals surface area contributed by atoms with E-state index in [2.05, 4.69) is 21.6 Å². The van der Waals surface area contributed by atoms with E-state index in [4.69, 9.17) is 13.9 Å². The molecule has 1 N–H and O–H groups in total. The van der Waals surface area contributed by atoms with Gasteiger partial charge in [0.25, 0.3) is 5.91 Å². The van der Waals surface area contributed by atoms with Gasteiger partial charge in [0.1, 0.15) is 18.6 Å². The molecule has 3 aromatic rings. The molecule has 0 unspecified atom stereocenters. The fourth-order valence-electron chi connectivity index (χ4n) is 2.71. The highest BCUT2D eigenvalue weighted by molar-refractivity contribution is 5.96. The van der Waals surface area contributed by atoms with Gasteiger partial charge in [0, 0.05) is 5.56 Å². The van der Waals surface area contributed by atoms with Gasteiger partial charge in [0.15, 0.2) is 11.5 Å². The second-order valence-electron chi connectivity index (χ2n) is 6.17. The number of alkyl halides is 2. The van der Waals surface area contributed by atoms with Gasteiger partial charge in [-0.15, -0.1) is 0 Å². The van der Waals surface area contributed by atoms with Crippen LogP contribution in [0.1, 0.15) is 16.1 Å². The second kappa shape index (κ2) is 10.2. The Balaban J connectivity index is 1.70. The standard InChI is InChI=1S/C22H20F2N2O5/c1-3-10-29-19-11-14(8-9-18(19)28-2)21-26-15(13-30-21)12-25-20(27)16-6-4-5-7-17(16)31-22(23)24/h3-9,11,13,22H,1,10,12H2,2H3,(H,25,27). The van der Waals surface area contributed by atoms with Crippen LogP contribution in [-0.4, -0.2) is 31.2 Å². The highest BCUT2D eigenvalue weighted by Crippen LogP contribution is 2.32. The molecule has 0 saturated carbocycles. The summed E-state index contributed by atoms with van der Waals surface area (Å²) in [5.74, 6) is 0.584. The van der Waals surface area contributed by atoms with Gasteiger partial charge in [-0.2, -0.15) is 8.78 Å². The highest BCUT2D eigenvalue weighted by Gasteiger charge is 2.16. The molecule has 0 aliphatic rings. The Kier molecular flexibility index (Phi) is 7.21. The highest BCUT2D eigenvalue weighted by atomic mass is 19.3. The van der Waals surface area contributed by atoms with E-state index >= 15 is 0 Å². The molecule has 0 spiro atoms. The number of hydrogen-bond acceptors (Lipinski definition) is 6. The van der Waals surface area contributed by atoms with Gasteiger partial charge in [-0.1, -0.05) is 24.8 Å². The number of nitrogens with zero attached hydrogens (tertiary/aromatic N) is 1. The van der Waals surface area contributed by atoms with Crippen LogP contribution in [0.2, 0.25) is 0 Å². The summed E-state index contributed by atoms with van der Waals surface area (Å²) in [5.41, 5.74) is 1.08. The van der Waals surface area contributed by atoms with Gasteiger partial charge in [-0.05, 0) is 30.3 Å². The number of para-hydroxylation sites is 1. The molecular formula is C22H20F2N2O5. The van der Waals surface area contributed by atoms with Gasteiger partial charge < -0.3 is 23.9 Å². The van der Waals surface area contributed by atoms with Crippen LogP contribution in [0.5, 0.6) is 17.2 Å². The third kappa shape index (κ3) is 5.59. The summed E-state index contributed by atoms with van der Waals surface area (Å²) in [7, 11) is 1.53. The molecule has 0 aliphatic heterocycles. The number of carbonyl (C=O) groups excluding carboxylic acids is 1. The molecule has 31 heavy (non-hydrogen) atoms. The van der Waals surface area contributed by atoms with Crippen molar-refractivity contribution in [2.45, 2.75) is 13.2 Å². The summed E-state index contributed by atoms with van der Waals surface area (Å²) in [6, 6.07) is 10.9. The van der Waals surface area contributed by atoms with Crippen molar-refractivity contribution in [2.75, 3.05) is 13.7 Å². The van der Waals surface area contributed by atoms with Gasteiger partial charge in [-0.25, -0.2) is 4.98 Å². The summed E-state index contributed by atoms with van der Waals surface area (Å²) < 4.78 is 45.8. The third-order valence-corrected chi connectivity index (χ3v) is 4.10. The van der Waals surface area contributed by atoms with Crippen LogP contribution in [-0.2, 0) is 6.54 Å². The lowest BCUT2D eigenvalue weighted by Crippen LogP contribution is -2.24. The molecule has 0 radical (unpaired) electrons. The third-order valence-electron chi connectivity index (χ3n) is 4.10. The van der Waals surface area contributed by atoms with E-state index in [1.807, 2.05) is 0 Å². The zero-order valence-corrected chi connectivity index (χ0v) is 16.6. The van der Waals surface area contributed by atoms with Crippen molar-refractivity contribution >= 4 is 5.91 Å². The molecule has 0 bridgehead atoms. The summed E-state index contributed by atoms with van der Waals surface area (Å²) in [6.45, 7) is 0.918. The molecule has 3 rings (SSSR count). The maximum absolute atomic E-state index is 12.5. The predicted molar refractivity (Wildman–Crippen MR) is 108 cm³/mol. The number of halogens is 2. The lowest BCUT2D eigenvalue weighted by atomic mass is 10.2. The van der Waals surface area contributed by atoms with Gasteiger partial charge in [-0.3, -0.25) is 4.79 Å². The molecule has 9 heteroatoms. The number of carbonyl (C=O) groups is 1. The number of aromatic nitrogens is 1. The average molecular weight is 430 g/mol. The van der Waals surface area contributed by atoms with E-state index < -0.39 is 12.5 Å². The summed E-state index contributed by atoms with van der Waals surface area (Å²) in [4.78, 5) is 16.7. The van der Waals surface area contributed by atoms with E-state index in [9.17, 15) is 13.6 Å². The maximum Gasteiger partial charge on any atom is 0.387 e. The monoisotopic (exact) mass is 430 g/mol. The second-order valence-corrected chi connectivity index (χ2v) is 6.17. The Labute approximate surface area is 177 Å². The first kappa shape index (κ1) is 21.8. The Morgan fingerprint density at radius 3 is 2.77 bits per heavy atom. The van der Waals surface area contributed by atoms with E-state index in [0.717, 1.165) is 0 Å². The summed E-state index contributed by atoms with van der Waals surface area (Å²) in [5, 5.41) is 2.61. The number of oxazole rings is 1. The number of nitrogens with one attached hydrogen (secondary N) is 1. The molecule has 7 nitrogen and oxygen atoms in total. The van der Waals surface area contributed by atoms with Gasteiger partial charge in [0.05, 0.1) is 24.9 Å². The van der Waals surface area contributed by atoms with Crippen molar-refractivity contribution in [1.29, 1.82) is 0 Å². The molecule has 1 amide bonds. The van der Waals surface area contributed by atoms with E-state index in [0.29, 0.717) is 35.3 Å². The molecule has 1 heterocycles. The quantitative estimate of drug-likeness (QED) is 0.479. The SMILES string of the molecule is C=CCOc1cc(-c2nc(CNC(=O)c3ccccc3OC(F)F)co2)ccc1OC. The molecule has 162 valence electrons. The fourth-order valence-corrected chi connectivity index (χ4v) is 2.71. The fraction of sp³-hybridized carbons (Fsp3) is 0.182. The lowest BCUT2D eigenvalue weighted by Gasteiger charge is -2.10. The first-order valence-corrected chi connectivity index (χ1v) is 9.20. The normalized spacial score (nSPS) is 10.6. The number of methoxy groups -OCH3 is 1. The van der Waals surface area contributed by atoms with Crippen molar-refractivity contribution < 1.29 is 32.2 Å². The number of rotatable bonds is 10. The smallest absolute Gasteiger partial charge is 0.387 e.